The quantitative estimate of drug-likeness (QED) is 0.782. The SMILES string of the molecule is CC(=O)N(C)C1CCN(c2ccnc(NCCN)n2)C1. The van der Waals surface area contributed by atoms with Crippen molar-refractivity contribution in [1.82, 2.24) is 14.9 Å². The van der Waals surface area contributed by atoms with Crippen molar-refractivity contribution in [3.8, 4) is 0 Å². The van der Waals surface area contributed by atoms with Gasteiger partial charge >= 0.3 is 0 Å². The van der Waals surface area contributed by atoms with Crippen molar-refractivity contribution >= 4 is 17.7 Å². The molecule has 1 atom stereocenters. The van der Waals surface area contributed by atoms with Crippen LogP contribution in [0.1, 0.15) is 13.3 Å². The Balaban J connectivity index is 2.00. The molecule has 1 aliphatic rings. The third kappa shape index (κ3) is 3.36. The lowest BCUT2D eigenvalue weighted by molar-refractivity contribution is -0.129. The van der Waals surface area contributed by atoms with E-state index in [1.54, 1.807) is 18.0 Å². The van der Waals surface area contributed by atoms with Gasteiger partial charge in [0.15, 0.2) is 0 Å². The molecule has 1 saturated heterocycles. The fraction of sp³-hybridized carbons (Fsp3) is 0.615. The molecule has 20 heavy (non-hydrogen) atoms. The van der Waals surface area contributed by atoms with Crippen LogP contribution in [0.2, 0.25) is 0 Å². The molecular weight excluding hydrogens is 256 g/mol. The van der Waals surface area contributed by atoms with E-state index in [0.717, 1.165) is 25.3 Å². The molecule has 0 spiro atoms. The van der Waals surface area contributed by atoms with E-state index in [2.05, 4.69) is 20.2 Å². The monoisotopic (exact) mass is 278 g/mol. The van der Waals surface area contributed by atoms with E-state index in [-0.39, 0.29) is 11.9 Å². The maximum atomic E-state index is 11.4. The number of rotatable bonds is 5. The summed E-state index contributed by atoms with van der Waals surface area (Å²) in [5, 5.41) is 3.07. The van der Waals surface area contributed by atoms with Crippen molar-refractivity contribution in [3.05, 3.63) is 12.3 Å². The van der Waals surface area contributed by atoms with Crippen LogP contribution in [0.15, 0.2) is 12.3 Å². The van der Waals surface area contributed by atoms with E-state index < -0.39 is 0 Å². The summed E-state index contributed by atoms with van der Waals surface area (Å²) in [6.45, 7) is 4.50. The fourth-order valence-electron chi connectivity index (χ4n) is 2.32. The minimum Gasteiger partial charge on any atom is -0.354 e. The topological polar surface area (TPSA) is 87.4 Å². The first-order chi connectivity index (χ1) is 9.61. The normalized spacial score (nSPS) is 18.1. The van der Waals surface area contributed by atoms with E-state index in [1.807, 2.05) is 13.1 Å². The third-order valence-electron chi connectivity index (χ3n) is 3.60. The van der Waals surface area contributed by atoms with Crippen LogP contribution in [0.4, 0.5) is 11.8 Å². The minimum atomic E-state index is 0.102. The van der Waals surface area contributed by atoms with Gasteiger partial charge in [-0.1, -0.05) is 0 Å². The van der Waals surface area contributed by atoms with Crippen molar-refractivity contribution in [2.24, 2.45) is 5.73 Å². The zero-order chi connectivity index (χ0) is 14.5. The van der Waals surface area contributed by atoms with Gasteiger partial charge in [0.2, 0.25) is 11.9 Å². The van der Waals surface area contributed by atoms with Crippen LogP contribution >= 0.6 is 0 Å². The van der Waals surface area contributed by atoms with E-state index >= 15 is 0 Å². The second-order valence-electron chi connectivity index (χ2n) is 4.97. The smallest absolute Gasteiger partial charge is 0.224 e. The van der Waals surface area contributed by atoms with Crippen LogP contribution in [0.3, 0.4) is 0 Å². The number of carbonyl (C=O) groups excluding carboxylic acids is 1. The minimum absolute atomic E-state index is 0.102. The van der Waals surface area contributed by atoms with Crippen LogP contribution in [0.5, 0.6) is 0 Å². The molecule has 1 aromatic heterocycles. The summed E-state index contributed by atoms with van der Waals surface area (Å²) >= 11 is 0. The van der Waals surface area contributed by atoms with Crippen molar-refractivity contribution < 1.29 is 4.79 Å². The van der Waals surface area contributed by atoms with Crippen molar-refractivity contribution in [2.45, 2.75) is 19.4 Å². The van der Waals surface area contributed by atoms with Crippen LogP contribution < -0.4 is 16.0 Å². The zero-order valence-corrected chi connectivity index (χ0v) is 12.0. The van der Waals surface area contributed by atoms with E-state index in [9.17, 15) is 4.79 Å². The lowest BCUT2D eigenvalue weighted by atomic mass is 10.2. The van der Waals surface area contributed by atoms with Gasteiger partial charge in [-0.3, -0.25) is 4.79 Å². The Bertz CT molecular complexity index is 466. The summed E-state index contributed by atoms with van der Waals surface area (Å²) in [4.78, 5) is 24.0. The molecule has 7 nitrogen and oxygen atoms in total. The number of hydrogen-bond donors (Lipinski definition) is 2. The highest BCUT2D eigenvalue weighted by Gasteiger charge is 2.27. The van der Waals surface area contributed by atoms with Gasteiger partial charge in [0, 0.05) is 46.3 Å². The maximum Gasteiger partial charge on any atom is 0.224 e. The van der Waals surface area contributed by atoms with Gasteiger partial charge in [0.1, 0.15) is 5.82 Å². The van der Waals surface area contributed by atoms with Gasteiger partial charge < -0.3 is 20.9 Å². The molecule has 1 unspecified atom stereocenters. The summed E-state index contributed by atoms with van der Waals surface area (Å²) in [6, 6.07) is 2.15. The molecule has 1 aromatic rings. The van der Waals surface area contributed by atoms with Gasteiger partial charge in [-0.15, -0.1) is 0 Å². The molecule has 1 amide bonds. The van der Waals surface area contributed by atoms with Crippen LogP contribution in [0.25, 0.3) is 0 Å². The average molecular weight is 278 g/mol. The molecule has 7 heteroatoms. The first kappa shape index (κ1) is 14.5. The summed E-state index contributed by atoms with van der Waals surface area (Å²) in [5.74, 6) is 1.58. The number of hydrogen-bond acceptors (Lipinski definition) is 6. The molecule has 1 aliphatic heterocycles. The number of likely N-dealkylation sites (N-methyl/N-ethyl adjacent to an activating group) is 1. The zero-order valence-electron chi connectivity index (χ0n) is 12.0. The highest BCUT2D eigenvalue weighted by molar-refractivity contribution is 5.73. The standard InChI is InChI=1S/C13H22N6O/c1-10(20)18(2)11-4-8-19(9-11)12-3-6-15-13(17-12)16-7-5-14/h3,6,11H,4-5,7-9,14H2,1-2H3,(H,15,16,17). The second-order valence-corrected chi connectivity index (χ2v) is 4.97. The Labute approximate surface area is 119 Å². The Morgan fingerprint density at radius 3 is 3.15 bits per heavy atom. The number of anilines is 2. The first-order valence-corrected chi connectivity index (χ1v) is 6.87. The van der Waals surface area contributed by atoms with Crippen LogP contribution in [-0.2, 0) is 4.79 Å². The van der Waals surface area contributed by atoms with Crippen LogP contribution in [-0.4, -0.2) is 60.0 Å². The summed E-state index contributed by atoms with van der Waals surface area (Å²) < 4.78 is 0. The van der Waals surface area contributed by atoms with Crippen LogP contribution in [0, 0.1) is 0 Å². The largest absolute Gasteiger partial charge is 0.354 e. The van der Waals surface area contributed by atoms with E-state index in [4.69, 9.17) is 5.73 Å². The number of carbonyl (C=O) groups is 1. The van der Waals surface area contributed by atoms with E-state index in [0.29, 0.717) is 19.0 Å². The van der Waals surface area contributed by atoms with Gasteiger partial charge in [0.25, 0.3) is 0 Å². The molecule has 3 N–H and O–H groups in total. The Hall–Kier alpha value is -1.89. The van der Waals surface area contributed by atoms with Gasteiger partial charge in [-0.05, 0) is 12.5 Å². The summed E-state index contributed by atoms with van der Waals surface area (Å²) in [7, 11) is 1.85. The number of nitrogens with zero attached hydrogens (tertiary/aromatic N) is 4. The number of aromatic nitrogens is 2. The molecule has 0 saturated carbocycles. The first-order valence-electron chi connectivity index (χ1n) is 6.87. The van der Waals surface area contributed by atoms with Gasteiger partial charge in [-0.2, -0.15) is 4.98 Å². The lowest BCUT2D eigenvalue weighted by Gasteiger charge is -2.24. The molecule has 0 aromatic carbocycles. The number of nitrogens with two attached hydrogens (primary N) is 1. The van der Waals surface area contributed by atoms with Crippen molar-refractivity contribution in [2.75, 3.05) is 43.4 Å². The number of amides is 1. The fourth-order valence-corrected chi connectivity index (χ4v) is 2.32. The predicted octanol–water partition coefficient (Wildman–Crippen LogP) is -0.0958. The van der Waals surface area contributed by atoms with Crippen molar-refractivity contribution in [3.63, 3.8) is 0 Å². The molecule has 2 rings (SSSR count). The molecule has 0 radical (unpaired) electrons. The average Bonchev–Trinajstić information content (AvgIpc) is 2.94. The van der Waals surface area contributed by atoms with Gasteiger partial charge in [0.05, 0.1) is 6.04 Å². The molecule has 1 fully saturated rings. The Kier molecular flexibility index (Phi) is 4.73. The molecular formula is C13H22N6O. The third-order valence-corrected chi connectivity index (χ3v) is 3.60. The summed E-state index contributed by atoms with van der Waals surface area (Å²) in [5.41, 5.74) is 5.45. The second kappa shape index (κ2) is 6.51. The van der Waals surface area contributed by atoms with E-state index in [1.165, 1.54) is 0 Å². The Morgan fingerprint density at radius 1 is 1.65 bits per heavy atom. The van der Waals surface area contributed by atoms with Gasteiger partial charge in [-0.25, -0.2) is 4.98 Å². The Morgan fingerprint density at radius 2 is 2.45 bits per heavy atom. The number of nitrogens with one attached hydrogen (secondary N) is 1. The summed E-state index contributed by atoms with van der Waals surface area (Å²) in [6.07, 6.45) is 2.70. The highest BCUT2D eigenvalue weighted by Crippen LogP contribution is 2.21. The highest BCUT2D eigenvalue weighted by atomic mass is 16.2. The maximum absolute atomic E-state index is 11.4. The molecule has 0 aliphatic carbocycles. The predicted molar refractivity (Wildman–Crippen MR) is 78.6 cm³/mol. The molecule has 0 bridgehead atoms. The van der Waals surface area contributed by atoms with Crippen molar-refractivity contribution in [1.29, 1.82) is 0 Å². The lowest BCUT2D eigenvalue weighted by Crippen LogP contribution is -2.37. The molecule has 2 heterocycles. The molecule has 110 valence electrons.